The average molecular weight is 344 g/mol. The Labute approximate surface area is 145 Å². The molecule has 1 amide bonds. The lowest BCUT2D eigenvalue weighted by Crippen LogP contribution is -2.41. The SMILES string of the molecule is C#CCCC1(CCC(=O)N2CCCC(n3cc(C(=O)O)nn3)C2)N=N1. The number of carboxylic acids is 1. The maximum atomic E-state index is 12.5. The Morgan fingerprint density at radius 3 is 2.84 bits per heavy atom. The number of rotatable bonds is 7. The van der Waals surface area contributed by atoms with Gasteiger partial charge in [-0.1, -0.05) is 5.21 Å². The maximum Gasteiger partial charge on any atom is 0.358 e. The van der Waals surface area contributed by atoms with Crippen molar-refractivity contribution in [1.29, 1.82) is 0 Å². The second-order valence-electron chi connectivity index (χ2n) is 6.41. The minimum atomic E-state index is -1.11. The lowest BCUT2D eigenvalue weighted by Gasteiger charge is -2.32. The summed E-state index contributed by atoms with van der Waals surface area (Å²) in [7, 11) is 0. The molecular weight excluding hydrogens is 324 g/mol. The number of aromatic nitrogens is 3. The molecule has 9 nitrogen and oxygen atoms in total. The topological polar surface area (TPSA) is 113 Å². The molecule has 0 spiro atoms. The lowest BCUT2D eigenvalue weighted by atomic mass is 10.0. The van der Waals surface area contributed by atoms with Crippen molar-refractivity contribution < 1.29 is 14.7 Å². The van der Waals surface area contributed by atoms with Crippen molar-refractivity contribution in [2.45, 2.75) is 50.2 Å². The maximum absolute atomic E-state index is 12.5. The molecular formula is C16H20N6O3. The zero-order valence-electron chi connectivity index (χ0n) is 13.8. The van der Waals surface area contributed by atoms with Gasteiger partial charge in [-0.2, -0.15) is 10.2 Å². The number of nitrogens with zero attached hydrogens (tertiary/aromatic N) is 6. The van der Waals surface area contributed by atoms with Crippen LogP contribution in [0.3, 0.4) is 0 Å². The van der Waals surface area contributed by atoms with Crippen LogP contribution in [-0.2, 0) is 4.79 Å². The number of carbonyl (C=O) groups excluding carboxylic acids is 1. The predicted octanol–water partition coefficient (Wildman–Crippen LogP) is 1.50. The van der Waals surface area contributed by atoms with Crippen molar-refractivity contribution in [1.82, 2.24) is 19.9 Å². The van der Waals surface area contributed by atoms with Gasteiger partial charge in [-0.25, -0.2) is 9.48 Å². The molecule has 9 heteroatoms. The van der Waals surface area contributed by atoms with Crippen LogP contribution in [0.25, 0.3) is 0 Å². The second-order valence-corrected chi connectivity index (χ2v) is 6.41. The summed E-state index contributed by atoms with van der Waals surface area (Å²) in [4.78, 5) is 25.2. The molecule has 132 valence electrons. The van der Waals surface area contributed by atoms with Gasteiger partial charge in [0, 0.05) is 38.8 Å². The monoisotopic (exact) mass is 344 g/mol. The standard InChI is InChI=1S/C16H20N6O3/c1-2-3-7-16(18-19-16)8-6-14(23)21-9-4-5-12(10-21)22-11-13(15(24)25)17-20-22/h1,11-12H,3-10H2,(H,24,25). The summed E-state index contributed by atoms with van der Waals surface area (Å²) >= 11 is 0. The van der Waals surface area contributed by atoms with E-state index < -0.39 is 11.6 Å². The third-order valence-corrected chi connectivity index (χ3v) is 4.64. The van der Waals surface area contributed by atoms with Gasteiger partial charge in [-0.3, -0.25) is 4.79 Å². The van der Waals surface area contributed by atoms with Crippen molar-refractivity contribution in [3.63, 3.8) is 0 Å². The Balaban J connectivity index is 1.53. The largest absolute Gasteiger partial charge is 0.476 e. The van der Waals surface area contributed by atoms with Crippen molar-refractivity contribution in [2.24, 2.45) is 10.2 Å². The molecule has 2 aliphatic heterocycles. The van der Waals surface area contributed by atoms with Gasteiger partial charge in [0.1, 0.15) is 0 Å². The molecule has 3 heterocycles. The Morgan fingerprint density at radius 2 is 2.20 bits per heavy atom. The Morgan fingerprint density at radius 1 is 1.40 bits per heavy atom. The van der Waals surface area contributed by atoms with Crippen LogP contribution >= 0.6 is 0 Å². The summed E-state index contributed by atoms with van der Waals surface area (Å²) in [5.74, 6) is 1.52. The first kappa shape index (κ1) is 17.1. The molecule has 1 aromatic heterocycles. The van der Waals surface area contributed by atoms with E-state index in [-0.39, 0.29) is 17.6 Å². The van der Waals surface area contributed by atoms with Gasteiger partial charge < -0.3 is 10.0 Å². The van der Waals surface area contributed by atoms with E-state index in [1.165, 1.54) is 6.20 Å². The quantitative estimate of drug-likeness (QED) is 0.753. The number of terminal acetylenes is 1. The van der Waals surface area contributed by atoms with E-state index in [0.29, 0.717) is 38.8 Å². The number of hydrogen-bond donors (Lipinski definition) is 1. The number of piperidine rings is 1. The summed E-state index contributed by atoms with van der Waals surface area (Å²) in [5.41, 5.74) is -0.532. The molecule has 0 saturated carbocycles. The van der Waals surface area contributed by atoms with E-state index in [1.807, 2.05) is 0 Å². The Bertz CT molecular complexity index is 728. The van der Waals surface area contributed by atoms with Crippen molar-refractivity contribution in [3.05, 3.63) is 11.9 Å². The highest BCUT2D eigenvalue weighted by Gasteiger charge is 2.40. The summed E-state index contributed by atoms with van der Waals surface area (Å²) in [6.45, 7) is 1.20. The van der Waals surface area contributed by atoms with E-state index >= 15 is 0 Å². The highest BCUT2D eigenvalue weighted by Crippen LogP contribution is 2.37. The van der Waals surface area contributed by atoms with Crippen molar-refractivity contribution >= 4 is 11.9 Å². The highest BCUT2D eigenvalue weighted by molar-refractivity contribution is 5.84. The fourth-order valence-corrected chi connectivity index (χ4v) is 3.08. The van der Waals surface area contributed by atoms with Gasteiger partial charge in [0.05, 0.1) is 12.2 Å². The number of likely N-dealkylation sites (tertiary alicyclic amines) is 1. The molecule has 1 N–H and O–H groups in total. The highest BCUT2D eigenvalue weighted by atomic mass is 16.4. The number of hydrogen-bond acceptors (Lipinski definition) is 6. The van der Waals surface area contributed by atoms with Crippen LogP contribution in [0.1, 0.15) is 55.1 Å². The van der Waals surface area contributed by atoms with E-state index in [2.05, 4.69) is 26.5 Å². The van der Waals surface area contributed by atoms with E-state index in [9.17, 15) is 9.59 Å². The first-order chi connectivity index (χ1) is 12.0. The van der Waals surface area contributed by atoms with E-state index in [0.717, 1.165) is 12.8 Å². The molecule has 1 aromatic rings. The Kier molecular flexibility index (Phi) is 4.79. The Hall–Kier alpha value is -2.76. The molecule has 25 heavy (non-hydrogen) atoms. The molecule has 1 fully saturated rings. The van der Waals surface area contributed by atoms with Crippen LogP contribution in [0.4, 0.5) is 0 Å². The fourth-order valence-electron chi connectivity index (χ4n) is 3.08. The molecule has 1 saturated heterocycles. The van der Waals surface area contributed by atoms with Gasteiger partial charge in [-0.05, 0) is 12.8 Å². The predicted molar refractivity (Wildman–Crippen MR) is 86.7 cm³/mol. The molecule has 0 radical (unpaired) electrons. The average Bonchev–Trinajstić information content (AvgIpc) is 3.21. The molecule has 3 rings (SSSR count). The third kappa shape index (κ3) is 4.02. The van der Waals surface area contributed by atoms with Crippen molar-refractivity contribution in [3.8, 4) is 12.3 Å². The van der Waals surface area contributed by atoms with E-state index in [4.69, 9.17) is 11.5 Å². The van der Waals surface area contributed by atoms with Crippen LogP contribution in [0, 0.1) is 12.3 Å². The van der Waals surface area contributed by atoms with Crippen LogP contribution in [-0.4, -0.2) is 55.6 Å². The number of carbonyl (C=O) groups is 2. The third-order valence-electron chi connectivity index (χ3n) is 4.64. The minimum absolute atomic E-state index is 0.0519. The molecule has 0 aliphatic carbocycles. The first-order valence-electron chi connectivity index (χ1n) is 8.33. The van der Waals surface area contributed by atoms with Crippen LogP contribution in [0.2, 0.25) is 0 Å². The van der Waals surface area contributed by atoms with Crippen LogP contribution < -0.4 is 0 Å². The van der Waals surface area contributed by atoms with Crippen molar-refractivity contribution in [2.75, 3.05) is 13.1 Å². The minimum Gasteiger partial charge on any atom is -0.476 e. The molecule has 0 aromatic carbocycles. The number of amides is 1. The van der Waals surface area contributed by atoms with Gasteiger partial charge in [-0.15, -0.1) is 17.4 Å². The summed E-state index contributed by atoms with van der Waals surface area (Å²) in [6.07, 6.45) is 10.6. The van der Waals surface area contributed by atoms with Crippen LogP contribution in [0.15, 0.2) is 16.4 Å². The van der Waals surface area contributed by atoms with Gasteiger partial charge in [0.2, 0.25) is 5.91 Å². The van der Waals surface area contributed by atoms with Gasteiger partial charge in [0.25, 0.3) is 0 Å². The summed E-state index contributed by atoms with van der Waals surface area (Å²) in [5, 5.41) is 24.6. The smallest absolute Gasteiger partial charge is 0.358 e. The first-order valence-corrected chi connectivity index (χ1v) is 8.33. The van der Waals surface area contributed by atoms with Gasteiger partial charge in [0.15, 0.2) is 11.4 Å². The number of carboxylic acid groups (broad SMARTS) is 1. The number of aromatic carboxylic acids is 1. The second kappa shape index (κ2) is 7.01. The fraction of sp³-hybridized carbons (Fsp3) is 0.625. The normalized spacial score (nSPS) is 20.9. The summed E-state index contributed by atoms with van der Waals surface area (Å²) < 4.78 is 1.54. The van der Waals surface area contributed by atoms with E-state index in [1.54, 1.807) is 9.58 Å². The zero-order valence-corrected chi connectivity index (χ0v) is 13.8. The molecule has 0 bridgehead atoms. The lowest BCUT2D eigenvalue weighted by molar-refractivity contribution is -0.133. The van der Waals surface area contributed by atoms with Gasteiger partial charge >= 0.3 is 5.97 Å². The summed E-state index contributed by atoms with van der Waals surface area (Å²) in [6, 6.07) is -0.0519. The zero-order chi connectivity index (χ0) is 17.9. The van der Waals surface area contributed by atoms with Crippen LogP contribution in [0.5, 0.6) is 0 Å². The molecule has 1 unspecified atom stereocenters. The molecule has 1 atom stereocenters. The molecule has 2 aliphatic rings.